The van der Waals surface area contributed by atoms with Crippen molar-refractivity contribution in [3.05, 3.63) is 30.5 Å². The van der Waals surface area contributed by atoms with E-state index in [1.54, 1.807) is 24.0 Å². The molecule has 0 aliphatic carbocycles. The number of hydrogen-bond acceptors (Lipinski definition) is 2. The van der Waals surface area contributed by atoms with E-state index in [1.807, 2.05) is 0 Å². The Morgan fingerprint density at radius 3 is 2.71 bits per heavy atom. The van der Waals surface area contributed by atoms with Crippen LogP contribution in [0, 0.1) is 0 Å². The zero-order valence-corrected chi connectivity index (χ0v) is 7.43. The van der Waals surface area contributed by atoms with E-state index >= 15 is 0 Å². The second-order valence-corrected chi connectivity index (χ2v) is 2.82. The molecule has 0 fully saturated rings. The number of alkyl halides is 2. The minimum absolute atomic E-state index is 0.226. The summed E-state index contributed by atoms with van der Waals surface area (Å²) < 4.78 is 27.6. The molecule has 0 N–H and O–H groups in total. The maximum absolute atomic E-state index is 12.3. The van der Waals surface area contributed by atoms with E-state index in [0.717, 1.165) is 0 Å². The molecule has 2 heterocycles. The van der Waals surface area contributed by atoms with E-state index in [9.17, 15) is 8.78 Å². The molecule has 0 spiro atoms. The van der Waals surface area contributed by atoms with Crippen LogP contribution in [-0.4, -0.2) is 19.3 Å². The molecule has 0 atom stereocenters. The summed E-state index contributed by atoms with van der Waals surface area (Å²) in [7, 11) is 1.61. The highest BCUT2D eigenvalue weighted by Crippen LogP contribution is 2.19. The summed E-state index contributed by atoms with van der Waals surface area (Å²) in [4.78, 5) is 3.83. The van der Waals surface area contributed by atoms with Gasteiger partial charge >= 0.3 is 0 Å². The number of hydrogen-bond donors (Lipinski definition) is 0. The summed E-state index contributed by atoms with van der Waals surface area (Å²) in [5.74, 6) is 0.567. The average Bonchev–Trinajstić information content (AvgIpc) is 2.71. The molecule has 2 aromatic rings. The van der Waals surface area contributed by atoms with Gasteiger partial charge in [0.05, 0.1) is 0 Å². The van der Waals surface area contributed by atoms with Crippen molar-refractivity contribution in [2.45, 2.75) is 6.43 Å². The first-order valence-electron chi connectivity index (χ1n) is 3.99. The van der Waals surface area contributed by atoms with Crippen LogP contribution in [0.25, 0.3) is 5.82 Å². The van der Waals surface area contributed by atoms with Crippen molar-refractivity contribution in [3.63, 3.8) is 0 Å². The minimum atomic E-state index is -2.54. The van der Waals surface area contributed by atoms with Crippen molar-refractivity contribution in [1.82, 2.24) is 19.3 Å². The molecule has 0 aromatic carbocycles. The highest BCUT2D eigenvalue weighted by molar-refractivity contribution is 5.26. The monoisotopic (exact) mass is 198 g/mol. The van der Waals surface area contributed by atoms with Crippen LogP contribution in [-0.2, 0) is 7.05 Å². The van der Waals surface area contributed by atoms with E-state index in [0.29, 0.717) is 5.82 Å². The number of halogens is 2. The zero-order valence-electron chi connectivity index (χ0n) is 7.43. The number of aryl methyl sites for hydroxylation is 1. The Hall–Kier alpha value is -1.72. The third-order valence-corrected chi connectivity index (χ3v) is 1.87. The average molecular weight is 198 g/mol. The lowest BCUT2D eigenvalue weighted by Crippen LogP contribution is -2.00. The SMILES string of the molecule is Cn1nc(C(F)F)cc1-n1ccnc1. The summed E-state index contributed by atoms with van der Waals surface area (Å²) in [6, 6.07) is 1.34. The van der Waals surface area contributed by atoms with Crippen LogP contribution in [0.15, 0.2) is 24.8 Å². The lowest BCUT2D eigenvalue weighted by Gasteiger charge is -1.99. The van der Waals surface area contributed by atoms with Crippen molar-refractivity contribution in [2.24, 2.45) is 7.05 Å². The van der Waals surface area contributed by atoms with Crippen molar-refractivity contribution in [1.29, 1.82) is 0 Å². The maximum Gasteiger partial charge on any atom is 0.282 e. The Labute approximate surface area is 78.8 Å². The predicted molar refractivity (Wildman–Crippen MR) is 45.3 cm³/mol. The van der Waals surface area contributed by atoms with E-state index < -0.39 is 6.43 Å². The molecule has 0 amide bonds. The normalized spacial score (nSPS) is 11.1. The number of nitrogens with zero attached hydrogens (tertiary/aromatic N) is 4. The fourth-order valence-electron chi connectivity index (χ4n) is 1.22. The van der Waals surface area contributed by atoms with Gasteiger partial charge in [-0.2, -0.15) is 5.10 Å². The number of rotatable bonds is 2. The quantitative estimate of drug-likeness (QED) is 0.733. The second-order valence-electron chi connectivity index (χ2n) is 2.82. The second kappa shape index (κ2) is 3.21. The standard InChI is InChI=1S/C8H8F2N4/c1-13-7(14-3-2-11-5-14)4-6(12-13)8(9)10/h2-5,8H,1H3. The summed E-state index contributed by atoms with van der Waals surface area (Å²) in [6.07, 6.45) is 2.24. The molecular weight excluding hydrogens is 190 g/mol. The van der Waals surface area contributed by atoms with Gasteiger partial charge in [0, 0.05) is 25.5 Å². The van der Waals surface area contributed by atoms with Gasteiger partial charge in [-0.05, 0) is 0 Å². The number of aromatic nitrogens is 4. The molecule has 0 aliphatic heterocycles. The first kappa shape index (κ1) is 8.86. The molecule has 14 heavy (non-hydrogen) atoms. The first-order chi connectivity index (χ1) is 6.68. The third-order valence-electron chi connectivity index (χ3n) is 1.87. The van der Waals surface area contributed by atoms with Gasteiger partial charge in [-0.1, -0.05) is 0 Å². The first-order valence-corrected chi connectivity index (χ1v) is 3.99. The summed E-state index contributed by atoms with van der Waals surface area (Å²) in [5.41, 5.74) is -0.226. The molecule has 0 bridgehead atoms. The van der Waals surface area contributed by atoms with Crippen LogP contribution in [0.3, 0.4) is 0 Å². The van der Waals surface area contributed by atoms with Gasteiger partial charge < -0.3 is 0 Å². The minimum Gasteiger partial charge on any atom is -0.291 e. The lowest BCUT2D eigenvalue weighted by atomic mass is 10.4. The summed E-state index contributed by atoms with van der Waals surface area (Å²) in [5, 5.41) is 3.68. The Balaban J connectivity index is 2.45. The number of imidazole rings is 1. The molecule has 2 aromatic heterocycles. The van der Waals surface area contributed by atoms with Crippen molar-refractivity contribution in [2.75, 3.05) is 0 Å². The van der Waals surface area contributed by atoms with E-state index in [-0.39, 0.29) is 5.69 Å². The van der Waals surface area contributed by atoms with E-state index in [4.69, 9.17) is 0 Å². The van der Waals surface area contributed by atoms with Gasteiger partial charge in [0.25, 0.3) is 6.43 Å². The predicted octanol–water partition coefficient (Wildman–Crippen LogP) is 1.54. The zero-order chi connectivity index (χ0) is 10.1. The van der Waals surface area contributed by atoms with Crippen LogP contribution < -0.4 is 0 Å². The van der Waals surface area contributed by atoms with Gasteiger partial charge in [0.15, 0.2) is 0 Å². The smallest absolute Gasteiger partial charge is 0.282 e. The van der Waals surface area contributed by atoms with Crippen LogP contribution in [0.5, 0.6) is 0 Å². The summed E-state index contributed by atoms with van der Waals surface area (Å²) >= 11 is 0. The van der Waals surface area contributed by atoms with Gasteiger partial charge in [-0.15, -0.1) is 0 Å². The molecular formula is C8H8F2N4. The molecule has 0 saturated heterocycles. The van der Waals surface area contributed by atoms with Crippen molar-refractivity contribution in [3.8, 4) is 5.82 Å². The van der Waals surface area contributed by atoms with Crippen molar-refractivity contribution < 1.29 is 8.78 Å². The van der Waals surface area contributed by atoms with Gasteiger partial charge in [-0.25, -0.2) is 13.8 Å². The van der Waals surface area contributed by atoms with Gasteiger partial charge in [0.1, 0.15) is 17.8 Å². The molecule has 74 valence electrons. The molecule has 0 unspecified atom stereocenters. The fraction of sp³-hybridized carbons (Fsp3) is 0.250. The van der Waals surface area contributed by atoms with E-state index in [1.165, 1.54) is 17.1 Å². The highest BCUT2D eigenvalue weighted by Gasteiger charge is 2.14. The molecule has 0 aliphatic rings. The molecule has 6 heteroatoms. The topological polar surface area (TPSA) is 35.6 Å². The summed E-state index contributed by atoms with van der Waals surface area (Å²) in [6.45, 7) is 0. The van der Waals surface area contributed by atoms with E-state index in [2.05, 4.69) is 10.1 Å². The van der Waals surface area contributed by atoms with Crippen LogP contribution in [0.1, 0.15) is 12.1 Å². The lowest BCUT2D eigenvalue weighted by molar-refractivity contribution is 0.145. The van der Waals surface area contributed by atoms with Gasteiger partial charge in [-0.3, -0.25) is 9.25 Å². The largest absolute Gasteiger partial charge is 0.291 e. The van der Waals surface area contributed by atoms with Gasteiger partial charge in [0.2, 0.25) is 0 Å². The Bertz CT molecular complexity index is 418. The van der Waals surface area contributed by atoms with Crippen LogP contribution in [0.4, 0.5) is 8.78 Å². The molecule has 0 radical (unpaired) electrons. The Morgan fingerprint density at radius 2 is 2.21 bits per heavy atom. The van der Waals surface area contributed by atoms with Crippen LogP contribution >= 0.6 is 0 Å². The molecule has 0 saturated carbocycles. The third kappa shape index (κ3) is 1.39. The Morgan fingerprint density at radius 1 is 1.43 bits per heavy atom. The van der Waals surface area contributed by atoms with Crippen molar-refractivity contribution >= 4 is 0 Å². The molecule has 4 nitrogen and oxygen atoms in total. The molecule has 2 rings (SSSR count). The highest BCUT2D eigenvalue weighted by atomic mass is 19.3. The maximum atomic E-state index is 12.3. The Kier molecular flexibility index (Phi) is 2.03. The fourth-order valence-corrected chi connectivity index (χ4v) is 1.22. The van der Waals surface area contributed by atoms with Crippen LogP contribution in [0.2, 0.25) is 0 Å².